The van der Waals surface area contributed by atoms with Crippen LogP contribution in [0.5, 0.6) is 0 Å². The van der Waals surface area contributed by atoms with Crippen molar-refractivity contribution in [1.82, 2.24) is 9.71 Å². The lowest BCUT2D eigenvalue weighted by Crippen LogP contribution is -2.28. The molecule has 1 amide bonds. The predicted octanol–water partition coefficient (Wildman–Crippen LogP) is 0.718. The van der Waals surface area contributed by atoms with Crippen LogP contribution in [0.4, 0.5) is 5.82 Å². The Hall–Kier alpha value is -1.67. The first-order valence-corrected chi connectivity index (χ1v) is 9.28. The highest BCUT2D eigenvalue weighted by Crippen LogP contribution is 2.22. The summed E-state index contributed by atoms with van der Waals surface area (Å²) in [6.07, 6.45) is 2.84. The highest BCUT2D eigenvalue weighted by Gasteiger charge is 2.27. The molecule has 1 fully saturated rings. The van der Waals surface area contributed by atoms with Gasteiger partial charge in [0.1, 0.15) is 10.7 Å². The van der Waals surface area contributed by atoms with E-state index in [1.807, 2.05) is 18.7 Å². The molecular formula is C15H24N4O3S. The maximum absolute atomic E-state index is 12.2. The monoisotopic (exact) mass is 340 g/mol. The van der Waals surface area contributed by atoms with Gasteiger partial charge in [0.2, 0.25) is 15.9 Å². The highest BCUT2D eigenvalue weighted by molar-refractivity contribution is 7.89. The number of carbonyl (C=O) groups is 1. The van der Waals surface area contributed by atoms with E-state index in [0.717, 1.165) is 6.42 Å². The Kier molecular flexibility index (Phi) is 5.59. The molecule has 0 unspecified atom stereocenters. The lowest BCUT2D eigenvalue weighted by Gasteiger charge is -2.17. The molecule has 0 aromatic carbocycles. The maximum Gasteiger partial charge on any atom is 0.242 e. The van der Waals surface area contributed by atoms with E-state index in [2.05, 4.69) is 9.71 Å². The Balaban J connectivity index is 2.00. The van der Waals surface area contributed by atoms with Crippen molar-refractivity contribution >= 4 is 21.7 Å². The van der Waals surface area contributed by atoms with Crippen molar-refractivity contribution in [2.24, 2.45) is 17.6 Å². The van der Waals surface area contributed by atoms with Gasteiger partial charge in [-0.25, -0.2) is 18.1 Å². The van der Waals surface area contributed by atoms with Crippen molar-refractivity contribution in [1.29, 1.82) is 0 Å². The van der Waals surface area contributed by atoms with Crippen LogP contribution in [0.25, 0.3) is 0 Å². The quantitative estimate of drug-likeness (QED) is 0.761. The highest BCUT2D eigenvalue weighted by atomic mass is 32.2. The molecule has 1 saturated heterocycles. The van der Waals surface area contributed by atoms with Gasteiger partial charge in [-0.1, -0.05) is 13.8 Å². The van der Waals surface area contributed by atoms with E-state index in [1.165, 1.54) is 12.3 Å². The van der Waals surface area contributed by atoms with Crippen molar-refractivity contribution in [2.75, 3.05) is 24.5 Å². The molecule has 0 spiro atoms. The number of nitrogens with zero attached hydrogens (tertiary/aromatic N) is 2. The summed E-state index contributed by atoms with van der Waals surface area (Å²) in [6.45, 7) is 5.72. The molecule has 0 saturated carbocycles. The molecule has 0 radical (unpaired) electrons. The van der Waals surface area contributed by atoms with Gasteiger partial charge >= 0.3 is 0 Å². The first-order valence-electron chi connectivity index (χ1n) is 7.79. The van der Waals surface area contributed by atoms with Crippen LogP contribution in [0.1, 0.15) is 26.7 Å². The predicted molar refractivity (Wildman–Crippen MR) is 88.4 cm³/mol. The van der Waals surface area contributed by atoms with Crippen LogP contribution in [-0.4, -0.2) is 38.9 Å². The summed E-state index contributed by atoms with van der Waals surface area (Å²) in [7, 11) is -3.53. The van der Waals surface area contributed by atoms with Crippen molar-refractivity contribution in [3.63, 3.8) is 0 Å². The summed E-state index contributed by atoms with van der Waals surface area (Å²) in [5.74, 6) is 0.625. The van der Waals surface area contributed by atoms with E-state index < -0.39 is 10.0 Å². The molecule has 1 aliphatic rings. The summed E-state index contributed by atoms with van der Waals surface area (Å²) in [5, 5.41) is 0. The maximum atomic E-state index is 12.2. The molecule has 8 heteroatoms. The van der Waals surface area contributed by atoms with Gasteiger partial charge in [0.15, 0.2) is 0 Å². The summed E-state index contributed by atoms with van der Waals surface area (Å²) in [5.41, 5.74) is 5.31. The lowest BCUT2D eigenvalue weighted by atomic mass is 10.1. The fourth-order valence-electron chi connectivity index (χ4n) is 2.48. The third-order valence-corrected chi connectivity index (χ3v) is 5.41. The van der Waals surface area contributed by atoms with Crippen LogP contribution >= 0.6 is 0 Å². The largest absolute Gasteiger partial charge is 0.369 e. The van der Waals surface area contributed by atoms with Crippen molar-refractivity contribution in [2.45, 2.75) is 31.6 Å². The third kappa shape index (κ3) is 4.65. The molecule has 2 rings (SSSR count). The van der Waals surface area contributed by atoms with Gasteiger partial charge in [0.05, 0.1) is 5.92 Å². The molecule has 2 heterocycles. The number of sulfonamides is 1. The normalized spacial score (nSPS) is 18.6. The first-order chi connectivity index (χ1) is 10.8. The Labute approximate surface area is 137 Å². The molecule has 23 heavy (non-hydrogen) atoms. The van der Waals surface area contributed by atoms with Crippen LogP contribution in [0, 0.1) is 11.8 Å². The molecule has 3 N–H and O–H groups in total. The molecule has 7 nitrogen and oxygen atoms in total. The van der Waals surface area contributed by atoms with Gasteiger partial charge in [0.25, 0.3) is 0 Å². The topological polar surface area (TPSA) is 105 Å². The minimum atomic E-state index is -3.53. The van der Waals surface area contributed by atoms with Gasteiger partial charge < -0.3 is 10.6 Å². The van der Waals surface area contributed by atoms with Crippen molar-refractivity contribution < 1.29 is 13.2 Å². The van der Waals surface area contributed by atoms with Gasteiger partial charge in [-0.3, -0.25) is 4.79 Å². The number of rotatable bonds is 7. The number of carbonyl (C=O) groups excluding carboxylic acids is 1. The number of anilines is 1. The van der Waals surface area contributed by atoms with Crippen LogP contribution in [0.3, 0.4) is 0 Å². The summed E-state index contributed by atoms with van der Waals surface area (Å²) in [4.78, 5) is 17.5. The molecule has 1 atom stereocenters. The number of pyridine rings is 1. The van der Waals surface area contributed by atoms with Crippen molar-refractivity contribution in [3.8, 4) is 0 Å². The Bertz CT molecular complexity index is 643. The molecule has 0 aliphatic carbocycles. The average Bonchev–Trinajstić information content (AvgIpc) is 2.97. The minimum absolute atomic E-state index is 0.149. The van der Waals surface area contributed by atoms with Crippen LogP contribution in [0.2, 0.25) is 0 Å². The fourth-order valence-corrected chi connectivity index (χ4v) is 3.48. The van der Waals surface area contributed by atoms with E-state index in [1.54, 1.807) is 6.07 Å². The van der Waals surface area contributed by atoms with Crippen LogP contribution < -0.4 is 15.4 Å². The number of hydrogen-bond donors (Lipinski definition) is 2. The second-order valence-electron chi connectivity index (χ2n) is 6.27. The van der Waals surface area contributed by atoms with Gasteiger partial charge in [-0.2, -0.15) is 0 Å². The number of primary amides is 1. The summed E-state index contributed by atoms with van der Waals surface area (Å²) >= 11 is 0. The number of aromatic nitrogens is 1. The Morgan fingerprint density at radius 1 is 1.48 bits per heavy atom. The van der Waals surface area contributed by atoms with Crippen LogP contribution in [0.15, 0.2) is 23.2 Å². The standard InChI is InChI=1S/C15H24N4O3S/c1-11(2)5-7-18-23(21,22)13-3-4-14(17-9-13)19-8-6-12(10-19)15(16)20/h3-4,9,11-12,18H,5-8,10H2,1-2H3,(H2,16,20)/t12-/m1/s1. The molecular weight excluding hydrogens is 316 g/mol. The van der Waals surface area contributed by atoms with Gasteiger partial charge in [0, 0.05) is 25.8 Å². The second-order valence-corrected chi connectivity index (χ2v) is 8.03. The summed E-state index contributed by atoms with van der Waals surface area (Å²) < 4.78 is 26.9. The third-order valence-electron chi connectivity index (χ3n) is 3.96. The van der Waals surface area contributed by atoms with Crippen molar-refractivity contribution in [3.05, 3.63) is 18.3 Å². The zero-order valence-corrected chi connectivity index (χ0v) is 14.3. The SMILES string of the molecule is CC(C)CCNS(=O)(=O)c1ccc(N2CC[C@@H](C(N)=O)C2)nc1. The molecule has 1 aliphatic heterocycles. The number of nitrogens with two attached hydrogens (primary N) is 1. The first kappa shape index (κ1) is 17.7. The Morgan fingerprint density at radius 2 is 2.22 bits per heavy atom. The smallest absolute Gasteiger partial charge is 0.242 e. The second kappa shape index (κ2) is 7.27. The average molecular weight is 340 g/mol. The fraction of sp³-hybridized carbons (Fsp3) is 0.600. The lowest BCUT2D eigenvalue weighted by molar-refractivity contribution is -0.121. The Morgan fingerprint density at radius 3 is 2.74 bits per heavy atom. The molecule has 0 bridgehead atoms. The van der Waals surface area contributed by atoms with E-state index in [9.17, 15) is 13.2 Å². The van der Waals surface area contributed by atoms with E-state index in [4.69, 9.17) is 5.73 Å². The number of hydrogen-bond acceptors (Lipinski definition) is 5. The van der Waals surface area contributed by atoms with Gasteiger partial charge in [-0.05, 0) is 30.9 Å². The number of amides is 1. The summed E-state index contributed by atoms with van der Waals surface area (Å²) in [6, 6.07) is 3.21. The number of nitrogens with one attached hydrogen (secondary N) is 1. The zero-order valence-electron chi connectivity index (χ0n) is 13.5. The zero-order chi connectivity index (χ0) is 17.0. The molecule has 1 aromatic heterocycles. The van der Waals surface area contributed by atoms with E-state index in [-0.39, 0.29) is 16.7 Å². The van der Waals surface area contributed by atoms with E-state index >= 15 is 0 Å². The van der Waals surface area contributed by atoms with Gasteiger partial charge in [-0.15, -0.1) is 0 Å². The van der Waals surface area contributed by atoms with E-state index in [0.29, 0.717) is 37.8 Å². The molecule has 128 valence electrons. The minimum Gasteiger partial charge on any atom is -0.369 e. The van der Waals surface area contributed by atoms with Crippen LogP contribution in [-0.2, 0) is 14.8 Å². The molecule has 1 aromatic rings.